The number of aromatic nitrogens is 4. The van der Waals surface area contributed by atoms with Gasteiger partial charge < -0.3 is 60.3 Å². The van der Waals surface area contributed by atoms with Crippen molar-refractivity contribution in [3.8, 4) is 0 Å². The average molecular weight is 1080 g/mol. The number of sulfone groups is 1. The second-order valence-electron chi connectivity index (χ2n) is 16.6. The molecule has 1 rings (SSSR count). The van der Waals surface area contributed by atoms with Gasteiger partial charge in [-0.3, -0.25) is 33.6 Å². The van der Waals surface area contributed by atoms with Crippen molar-refractivity contribution in [1.82, 2.24) is 41.9 Å². The first-order chi connectivity index (χ1) is 34.7. The second-order valence-corrected chi connectivity index (χ2v) is 18.8. The van der Waals surface area contributed by atoms with E-state index in [4.69, 9.17) is 29.2 Å². The number of ether oxygens (including phenoxy) is 4. The van der Waals surface area contributed by atoms with E-state index in [0.29, 0.717) is 76.9 Å². The zero-order valence-electron chi connectivity index (χ0n) is 42.2. The Morgan fingerprint density at radius 1 is 0.608 bits per heavy atom. The number of aliphatic carboxylic acids is 3. The van der Waals surface area contributed by atoms with E-state index in [1.54, 1.807) is 13.8 Å². The van der Waals surface area contributed by atoms with Crippen LogP contribution in [0.3, 0.4) is 0 Å². The number of hydrogen-bond acceptors (Lipinski definition) is 19. The standard InChI is InChI=1S/C27H44N6O12S.C18H32N2O7.CH4/c1-2-5-22(27(40)41)29-25(37)10-9-19(26(38)39)16-21(35)17-45-14-13-44-12-11-28-24(36)8-4-15-46(42,43)18-20(34)6-3-7-23-30-32-33-31-23;1-3-16(22)19-9-5-4-8-15(18(24)25)20-17(23)13-27-12-11-26-10-6-7-14(2)21;/h19,22H,2-18H2,1H3,(H,28,36)(H,29,37)(H,38,39)(H,40,41)(H,30,31,32,33);15H,3-13H2,1-2H3,(H,19,22)(H,20,23)(H,24,25);1H4. The van der Waals surface area contributed by atoms with Crippen LogP contribution in [0.5, 0.6) is 0 Å². The Bertz CT molecular complexity index is 1940. The van der Waals surface area contributed by atoms with Crippen molar-refractivity contribution in [2.45, 2.75) is 143 Å². The summed E-state index contributed by atoms with van der Waals surface area (Å²) >= 11 is 0. The van der Waals surface area contributed by atoms with E-state index >= 15 is 0 Å². The predicted molar refractivity (Wildman–Crippen MR) is 264 cm³/mol. The molecule has 1 heterocycles. The summed E-state index contributed by atoms with van der Waals surface area (Å²) in [4.78, 5) is 115. The highest BCUT2D eigenvalue weighted by Crippen LogP contribution is 2.13. The molecule has 1 aromatic heterocycles. The van der Waals surface area contributed by atoms with Gasteiger partial charge in [0.05, 0.1) is 44.7 Å². The number of nitrogens with one attached hydrogen (secondary N) is 5. The van der Waals surface area contributed by atoms with Gasteiger partial charge in [0.15, 0.2) is 21.4 Å². The summed E-state index contributed by atoms with van der Waals surface area (Å²) in [6.07, 6.45) is 3.97. The summed E-state index contributed by atoms with van der Waals surface area (Å²) in [5, 5.41) is 50.9. The maximum Gasteiger partial charge on any atom is 0.326 e. The minimum absolute atomic E-state index is 0. The Morgan fingerprint density at radius 3 is 1.84 bits per heavy atom. The molecule has 0 aromatic carbocycles. The minimum atomic E-state index is -3.64. The van der Waals surface area contributed by atoms with Crippen LogP contribution in [-0.4, -0.2) is 193 Å². The molecule has 0 radical (unpaired) electrons. The lowest BCUT2D eigenvalue weighted by atomic mass is 9.97. The van der Waals surface area contributed by atoms with Gasteiger partial charge in [-0.05, 0) is 58.3 Å². The van der Waals surface area contributed by atoms with Crippen LogP contribution >= 0.6 is 0 Å². The zero-order valence-corrected chi connectivity index (χ0v) is 43.0. The average Bonchev–Trinajstić information content (AvgIpc) is 3.84. The molecule has 0 bridgehead atoms. The fraction of sp³-hybridized carbons (Fsp3) is 0.761. The Morgan fingerprint density at radius 2 is 1.23 bits per heavy atom. The van der Waals surface area contributed by atoms with Crippen LogP contribution < -0.4 is 21.3 Å². The molecule has 4 amide bonds. The van der Waals surface area contributed by atoms with Crippen LogP contribution in [-0.2, 0) is 83.2 Å². The molecule has 0 aliphatic carbocycles. The molecule has 74 heavy (non-hydrogen) atoms. The fourth-order valence-electron chi connectivity index (χ4n) is 6.22. The first-order valence-corrected chi connectivity index (χ1v) is 26.1. The Labute approximate surface area is 432 Å². The quantitative estimate of drug-likeness (QED) is 0.0413. The van der Waals surface area contributed by atoms with Gasteiger partial charge in [0.2, 0.25) is 23.6 Å². The van der Waals surface area contributed by atoms with Crippen molar-refractivity contribution in [1.29, 1.82) is 0 Å². The van der Waals surface area contributed by atoms with E-state index in [2.05, 4.69) is 41.9 Å². The summed E-state index contributed by atoms with van der Waals surface area (Å²) in [6, 6.07) is -2.03. The molecule has 0 saturated carbocycles. The normalized spacial score (nSPS) is 12.1. The van der Waals surface area contributed by atoms with Gasteiger partial charge in [-0.2, -0.15) is 5.21 Å². The number of amides is 4. The van der Waals surface area contributed by atoms with Crippen molar-refractivity contribution in [2.24, 2.45) is 5.92 Å². The van der Waals surface area contributed by atoms with Crippen LogP contribution in [0.25, 0.3) is 0 Å². The van der Waals surface area contributed by atoms with Crippen LogP contribution in [0.1, 0.15) is 130 Å². The second kappa shape index (κ2) is 43.5. The summed E-state index contributed by atoms with van der Waals surface area (Å²) in [5.41, 5.74) is 0. The van der Waals surface area contributed by atoms with Gasteiger partial charge in [-0.15, -0.1) is 10.2 Å². The van der Waals surface area contributed by atoms with Crippen LogP contribution in [0.15, 0.2) is 0 Å². The third-order valence-electron chi connectivity index (χ3n) is 10.1. The Balaban J connectivity index is 0. The number of ketones is 3. The molecular formula is C46H80N8O19S. The molecule has 0 aliphatic heterocycles. The first kappa shape index (κ1) is 70.2. The number of unbranched alkanes of at least 4 members (excludes halogenated alkanes) is 1. The lowest BCUT2D eigenvalue weighted by Gasteiger charge is -2.15. The molecule has 28 heteroatoms. The number of carboxylic acids is 3. The van der Waals surface area contributed by atoms with Gasteiger partial charge >= 0.3 is 17.9 Å². The predicted octanol–water partition coefficient (Wildman–Crippen LogP) is 0.536. The van der Waals surface area contributed by atoms with E-state index in [-0.39, 0.29) is 128 Å². The SMILES string of the molecule is C.CCC(=O)NCCCCC(NC(=O)COCCOCCCC(C)=O)C(=O)O.CCCC(NC(=O)CCC(CC(=O)COCCOCCNC(=O)CCCS(=O)(=O)CC(=O)CCCc1nn[nH]n1)C(=O)O)C(=O)O. The van der Waals surface area contributed by atoms with Crippen molar-refractivity contribution in [2.75, 3.05) is 77.5 Å². The van der Waals surface area contributed by atoms with Gasteiger partial charge in [-0.25, -0.2) is 18.0 Å². The van der Waals surface area contributed by atoms with E-state index in [0.717, 1.165) is 0 Å². The van der Waals surface area contributed by atoms with Crippen molar-refractivity contribution >= 4 is 68.7 Å². The molecule has 424 valence electrons. The molecule has 0 aliphatic rings. The third kappa shape index (κ3) is 40.6. The lowest BCUT2D eigenvalue weighted by Crippen LogP contribution is -2.42. The topological polar surface area (TPSA) is 405 Å². The highest BCUT2D eigenvalue weighted by molar-refractivity contribution is 7.92. The molecule has 0 fully saturated rings. The molecular weight excluding hydrogens is 1000 g/mol. The van der Waals surface area contributed by atoms with Crippen molar-refractivity contribution < 1.29 is 90.6 Å². The number of Topliss-reactive ketones (excluding diaryl/α,β-unsaturated/α-hetero) is 3. The number of aromatic amines is 1. The number of rotatable bonds is 45. The van der Waals surface area contributed by atoms with E-state index < -0.39 is 74.9 Å². The van der Waals surface area contributed by atoms with E-state index in [1.807, 2.05) is 0 Å². The largest absolute Gasteiger partial charge is 0.481 e. The zero-order chi connectivity index (χ0) is 54.9. The number of carbonyl (C=O) groups is 10. The summed E-state index contributed by atoms with van der Waals surface area (Å²) in [6.45, 7) is 6.31. The van der Waals surface area contributed by atoms with Crippen molar-refractivity contribution in [3.63, 3.8) is 0 Å². The smallest absolute Gasteiger partial charge is 0.326 e. The minimum Gasteiger partial charge on any atom is -0.481 e. The number of aryl methyl sites for hydroxylation is 1. The van der Waals surface area contributed by atoms with Crippen LogP contribution in [0.2, 0.25) is 0 Å². The maximum absolute atomic E-state index is 12.1. The lowest BCUT2D eigenvalue weighted by molar-refractivity contribution is -0.145. The van der Waals surface area contributed by atoms with Gasteiger partial charge in [0.25, 0.3) is 0 Å². The molecule has 0 spiro atoms. The van der Waals surface area contributed by atoms with Crippen molar-refractivity contribution in [3.05, 3.63) is 5.82 Å². The molecule has 1 aromatic rings. The highest BCUT2D eigenvalue weighted by atomic mass is 32.2. The molecule has 0 saturated heterocycles. The van der Waals surface area contributed by atoms with Crippen LogP contribution in [0, 0.1) is 5.92 Å². The summed E-state index contributed by atoms with van der Waals surface area (Å²) in [5.74, 6) is -7.41. The van der Waals surface area contributed by atoms with Gasteiger partial charge in [0, 0.05) is 64.6 Å². The Kier molecular flexibility index (Phi) is 41.3. The number of H-pyrrole nitrogens is 1. The number of carbonyl (C=O) groups excluding carboxylic acids is 7. The number of carboxylic acid groups (broad SMARTS) is 3. The van der Waals surface area contributed by atoms with Crippen LogP contribution in [0.4, 0.5) is 0 Å². The van der Waals surface area contributed by atoms with Gasteiger partial charge in [-0.1, -0.05) is 32.9 Å². The molecule has 3 unspecified atom stereocenters. The summed E-state index contributed by atoms with van der Waals surface area (Å²) in [7, 11) is -3.64. The maximum atomic E-state index is 12.1. The molecule has 8 N–H and O–H groups in total. The first-order valence-electron chi connectivity index (χ1n) is 24.3. The molecule has 27 nitrogen and oxygen atoms in total. The number of tetrazole rings is 1. The monoisotopic (exact) mass is 1080 g/mol. The third-order valence-corrected chi connectivity index (χ3v) is 11.7. The highest BCUT2D eigenvalue weighted by Gasteiger charge is 2.25. The Hall–Kier alpha value is -5.84. The molecule has 3 atom stereocenters. The van der Waals surface area contributed by atoms with E-state index in [1.165, 1.54) is 6.92 Å². The van der Waals surface area contributed by atoms with E-state index in [9.17, 15) is 61.5 Å². The number of hydrogen-bond donors (Lipinski definition) is 8. The summed E-state index contributed by atoms with van der Waals surface area (Å²) < 4.78 is 45.2. The number of nitrogens with zero attached hydrogens (tertiary/aromatic N) is 3. The fourth-order valence-corrected chi connectivity index (χ4v) is 7.59. The van der Waals surface area contributed by atoms with Gasteiger partial charge in [0.1, 0.15) is 42.6 Å².